The highest BCUT2D eigenvalue weighted by Crippen LogP contribution is 2.27. The Labute approximate surface area is 168 Å². The van der Waals surface area contributed by atoms with Gasteiger partial charge in [-0.25, -0.2) is 8.42 Å². The Balaban J connectivity index is 1.82. The molecule has 0 aromatic heterocycles. The van der Waals surface area contributed by atoms with Crippen molar-refractivity contribution in [2.75, 3.05) is 24.5 Å². The van der Waals surface area contributed by atoms with E-state index in [4.69, 9.17) is 0 Å². The van der Waals surface area contributed by atoms with Gasteiger partial charge in [0.2, 0.25) is 10.0 Å². The number of nitrogens with zero attached hydrogens (tertiary/aromatic N) is 2. The Morgan fingerprint density at radius 1 is 1.00 bits per heavy atom. The van der Waals surface area contributed by atoms with Crippen LogP contribution in [-0.2, 0) is 10.0 Å². The summed E-state index contributed by atoms with van der Waals surface area (Å²) in [7, 11) is -3.54. The summed E-state index contributed by atoms with van der Waals surface area (Å²) in [4.78, 5) is 14.8. The number of hydrogen-bond acceptors (Lipinski definition) is 3. The van der Waals surface area contributed by atoms with Gasteiger partial charge in [0.15, 0.2) is 0 Å². The lowest BCUT2D eigenvalue weighted by Crippen LogP contribution is -2.42. The molecule has 3 rings (SSSR count). The van der Waals surface area contributed by atoms with Crippen molar-refractivity contribution in [1.82, 2.24) is 4.31 Å². The average Bonchev–Trinajstić information content (AvgIpc) is 2.68. The van der Waals surface area contributed by atoms with Crippen LogP contribution < -0.4 is 4.90 Å². The van der Waals surface area contributed by atoms with Crippen molar-refractivity contribution in [3.05, 3.63) is 60.2 Å². The fraction of sp³-hybridized carbons (Fsp3) is 0.409. The van der Waals surface area contributed by atoms with Crippen LogP contribution in [0.3, 0.4) is 0 Å². The number of benzene rings is 2. The van der Waals surface area contributed by atoms with Crippen LogP contribution in [0.1, 0.15) is 37.6 Å². The highest BCUT2D eigenvalue weighted by Gasteiger charge is 2.31. The van der Waals surface area contributed by atoms with Crippen LogP contribution in [0.5, 0.6) is 0 Å². The predicted octanol–water partition coefficient (Wildman–Crippen LogP) is 4.02. The molecule has 0 N–H and O–H groups in total. The number of amides is 1. The molecule has 2 aromatic carbocycles. The van der Waals surface area contributed by atoms with Crippen molar-refractivity contribution in [3.8, 4) is 0 Å². The zero-order valence-electron chi connectivity index (χ0n) is 16.7. The van der Waals surface area contributed by atoms with Crippen LogP contribution in [0.25, 0.3) is 0 Å². The number of sulfonamides is 1. The monoisotopic (exact) mass is 400 g/mol. The van der Waals surface area contributed by atoms with Crippen molar-refractivity contribution in [2.45, 2.75) is 32.1 Å². The number of rotatable bonds is 5. The maximum absolute atomic E-state index is 13.0. The molecule has 2 unspecified atom stereocenters. The Morgan fingerprint density at radius 3 is 2.11 bits per heavy atom. The molecule has 5 nitrogen and oxygen atoms in total. The van der Waals surface area contributed by atoms with Crippen molar-refractivity contribution < 1.29 is 13.2 Å². The second kappa shape index (κ2) is 8.45. The highest BCUT2D eigenvalue weighted by molar-refractivity contribution is 7.89. The van der Waals surface area contributed by atoms with Gasteiger partial charge in [-0.2, -0.15) is 4.31 Å². The van der Waals surface area contributed by atoms with E-state index >= 15 is 0 Å². The van der Waals surface area contributed by atoms with Crippen LogP contribution in [0.2, 0.25) is 0 Å². The minimum Gasteiger partial charge on any atom is -0.309 e. The van der Waals surface area contributed by atoms with Crippen LogP contribution in [0.4, 0.5) is 5.69 Å². The van der Waals surface area contributed by atoms with E-state index in [1.807, 2.05) is 37.3 Å². The lowest BCUT2D eigenvalue weighted by molar-refractivity contribution is 0.0988. The third kappa shape index (κ3) is 4.28. The second-order valence-electron chi connectivity index (χ2n) is 7.68. The number of anilines is 1. The van der Waals surface area contributed by atoms with E-state index in [0.29, 0.717) is 37.0 Å². The first-order valence-electron chi connectivity index (χ1n) is 9.80. The van der Waals surface area contributed by atoms with E-state index in [2.05, 4.69) is 13.8 Å². The van der Waals surface area contributed by atoms with Gasteiger partial charge in [0.05, 0.1) is 4.90 Å². The SMILES string of the molecule is CCN(C(=O)c1ccc(S(=O)(=O)N2CC(C)CC(C)C2)cc1)c1ccccc1. The second-order valence-corrected chi connectivity index (χ2v) is 9.62. The van der Waals surface area contributed by atoms with Crippen molar-refractivity contribution in [2.24, 2.45) is 11.8 Å². The van der Waals surface area contributed by atoms with E-state index in [9.17, 15) is 13.2 Å². The molecule has 150 valence electrons. The topological polar surface area (TPSA) is 57.7 Å². The summed E-state index contributed by atoms with van der Waals surface area (Å²) in [6, 6.07) is 15.8. The summed E-state index contributed by atoms with van der Waals surface area (Å²) in [6.07, 6.45) is 1.05. The maximum Gasteiger partial charge on any atom is 0.258 e. The average molecular weight is 401 g/mol. The number of piperidine rings is 1. The highest BCUT2D eigenvalue weighted by atomic mass is 32.2. The van der Waals surface area contributed by atoms with Gasteiger partial charge in [0.1, 0.15) is 0 Å². The van der Waals surface area contributed by atoms with E-state index in [1.165, 1.54) is 0 Å². The number of carbonyl (C=O) groups is 1. The quantitative estimate of drug-likeness (QED) is 0.762. The first kappa shape index (κ1) is 20.6. The smallest absolute Gasteiger partial charge is 0.258 e. The van der Waals surface area contributed by atoms with E-state index in [1.54, 1.807) is 33.5 Å². The van der Waals surface area contributed by atoms with Gasteiger partial charge in [0.25, 0.3) is 5.91 Å². The summed E-state index contributed by atoms with van der Waals surface area (Å²) in [6.45, 7) is 7.72. The molecular formula is C22H28N2O3S. The van der Waals surface area contributed by atoms with Crippen LogP contribution in [0, 0.1) is 11.8 Å². The zero-order valence-corrected chi connectivity index (χ0v) is 17.5. The summed E-state index contributed by atoms with van der Waals surface area (Å²) in [5.74, 6) is 0.560. The summed E-state index contributed by atoms with van der Waals surface area (Å²) >= 11 is 0. The van der Waals surface area contributed by atoms with E-state index in [0.717, 1.165) is 12.1 Å². The molecule has 1 fully saturated rings. The molecule has 1 heterocycles. The Hall–Kier alpha value is -2.18. The molecule has 2 aromatic rings. The fourth-order valence-electron chi connectivity index (χ4n) is 3.93. The molecule has 0 radical (unpaired) electrons. The third-order valence-corrected chi connectivity index (χ3v) is 7.05. The van der Waals surface area contributed by atoms with E-state index in [-0.39, 0.29) is 10.8 Å². The molecular weight excluding hydrogens is 372 g/mol. The van der Waals surface area contributed by atoms with Crippen molar-refractivity contribution in [1.29, 1.82) is 0 Å². The minimum absolute atomic E-state index is 0.141. The van der Waals surface area contributed by atoms with E-state index < -0.39 is 10.0 Å². The predicted molar refractivity (Wildman–Crippen MR) is 112 cm³/mol. The summed E-state index contributed by atoms with van der Waals surface area (Å²) < 4.78 is 27.6. The molecule has 1 aliphatic heterocycles. The number of carbonyl (C=O) groups excluding carboxylic acids is 1. The molecule has 1 amide bonds. The Kier molecular flexibility index (Phi) is 6.20. The maximum atomic E-state index is 13.0. The minimum atomic E-state index is -3.54. The molecule has 1 saturated heterocycles. The molecule has 6 heteroatoms. The van der Waals surface area contributed by atoms with Crippen molar-refractivity contribution in [3.63, 3.8) is 0 Å². The van der Waals surface area contributed by atoms with Gasteiger partial charge < -0.3 is 4.90 Å². The first-order valence-corrected chi connectivity index (χ1v) is 11.2. The first-order chi connectivity index (χ1) is 13.3. The van der Waals surface area contributed by atoms with Crippen LogP contribution in [0.15, 0.2) is 59.5 Å². The summed E-state index contributed by atoms with van der Waals surface area (Å²) in [5, 5.41) is 0. The van der Waals surface area contributed by atoms with Gasteiger partial charge in [-0.05, 0) is 61.6 Å². The van der Waals surface area contributed by atoms with Gasteiger partial charge in [-0.15, -0.1) is 0 Å². The zero-order chi connectivity index (χ0) is 20.3. The van der Waals surface area contributed by atoms with Crippen LogP contribution >= 0.6 is 0 Å². The molecule has 1 aliphatic rings. The molecule has 0 saturated carbocycles. The molecule has 2 atom stereocenters. The Bertz CT molecular complexity index is 901. The Morgan fingerprint density at radius 2 is 1.57 bits per heavy atom. The van der Waals surface area contributed by atoms with Crippen molar-refractivity contribution >= 4 is 21.6 Å². The summed E-state index contributed by atoms with van der Waals surface area (Å²) in [5.41, 5.74) is 1.30. The lowest BCUT2D eigenvalue weighted by Gasteiger charge is -2.34. The van der Waals surface area contributed by atoms with Gasteiger partial charge in [0, 0.05) is 30.9 Å². The molecule has 0 bridgehead atoms. The third-order valence-electron chi connectivity index (χ3n) is 5.20. The van der Waals surface area contributed by atoms with Gasteiger partial charge >= 0.3 is 0 Å². The standard InChI is InChI=1S/C22H28N2O3S/c1-4-24(20-8-6-5-7-9-20)22(25)19-10-12-21(13-11-19)28(26,27)23-15-17(2)14-18(3)16-23/h5-13,17-18H,4,14-16H2,1-3H3. The van der Waals surface area contributed by atoms with Gasteiger partial charge in [-0.1, -0.05) is 32.0 Å². The number of hydrogen-bond donors (Lipinski definition) is 0. The fourth-order valence-corrected chi connectivity index (χ4v) is 5.61. The van der Waals surface area contributed by atoms with Gasteiger partial charge in [-0.3, -0.25) is 4.79 Å². The molecule has 28 heavy (non-hydrogen) atoms. The molecule has 0 aliphatic carbocycles. The molecule has 0 spiro atoms. The normalized spacial score (nSPS) is 20.7. The lowest BCUT2D eigenvalue weighted by atomic mass is 9.94. The van der Waals surface area contributed by atoms with Crippen LogP contribution in [-0.4, -0.2) is 38.3 Å². The number of para-hydroxylation sites is 1. The largest absolute Gasteiger partial charge is 0.309 e.